The zero-order valence-electron chi connectivity index (χ0n) is 13.9. The minimum absolute atomic E-state index is 0.282. The molecule has 3 heterocycles. The van der Waals surface area contributed by atoms with Crippen LogP contribution < -0.4 is 0 Å². The van der Waals surface area contributed by atoms with E-state index in [0.717, 1.165) is 49.8 Å². The van der Waals surface area contributed by atoms with Crippen molar-refractivity contribution in [3.63, 3.8) is 0 Å². The number of pyridine rings is 1. The Kier molecular flexibility index (Phi) is 5.08. The van der Waals surface area contributed by atoms with E-state index < -0.39 is 6.10 Å². The van der Waals surface area contributed by atoms with Crippen LogP contribution in [0.15, 0.2) is 35.1 Å². The number of aliphatic hydroxyl groups is 1. The van der Waals surface area contributed by atoms with Crippen molar-refractivity contribution in [1.29, 1.82) is 0 Å². The van der Waals surface area contributed by atoms with Crippen LogP contribution in [0.3, 0.4) is 0 Å². The molecule has 1 aliphatic rings. The van der Waals surface area contributed by atoms with Gasteiger partial charge in [-0.05, 0) is 44.0 Å². The van der Waals surface area contributed by atoms with Crippen molar-refractivity contribution in [2.75, 3.05) is 13.1 Å². The Morgan fingerprint density at radius 1 is 1.30 bits per heavy atom. The Labute approximate surface area is 137 Å². The smallest absolute Gasteiger partial charge is 0.196 e. The van der Waals surface area contributed by atoms with Gasteiger partial charge < -0.3 is 9.52 Å². The molecule has 0 aromatic carbocycles. The Balaban J connectivity index is 1.52. The molecule has 1 aliphatic heterocycles. The molecule has 0 unspecified atom stereocenters. The first kappa shape index (κ1) is 16.1. The average Bonchev–Trinajstić information content (AvgIpc) is 3.04. The molecule has 0 saturated carbocycles. The third-order valence-electron chi connectivity index (χ3n) is 4.52. The van der Waals surface area contributed by atoms with Gasteiger partial charge >= 0.3 is 0 Å². The summed E-state index contributed by atoms with van der Waals surface area (Å²) in [5, 5.41) is 10.5. The van der Waals surface area contributed by atoms with Crippen molar-refractivity contribution in [3.8, 4) is 0 Å². The van der Waals surface area contributed by atoms with Crippen molar-refractivity contribution >= 4 is 0 Å². The molecule has 2 aromatic heterocycles. The number of piperidine rings is 1. The third kappa shape index (κ3) is 3.98. The second-order valence-electron chi connectivity index (χ2n) is 6.64. The zero-order valence-corrected chi connectivity index (χ0v) is 13.9. The molecular weight excluding hydrogens is 290 g/mol. The fraction of sp³-hybridized carbons (Fsp3) is 0.556. The molecule has 3 rings (SSSR count). The lowest BCUT2D eigenvalue weighted by Gasteiger charge is -2.33. The molecule has 5 nitrogen and oxygen atoms in total. The van der Waals surface area contributed by atoms with Gasteiger partial charge in [0.25, 0.3) is 0 Å². The van der Waals surface area contributed by atoms with Gasteiger partial charge in [-0.2, -0.15) is 0 Å². The van der Waals surface area contributed by atoms with Crippen molar-refractivity contribution in [2.24, 2.45) is 5.92 Å². The second kappa shape index (κ2) is 7.23. The summed E-state index contributed by atoms with van der Waals surface area (Å²) in [4.78, 5) is 11.2. The highest BCUT2D eigenvalue weighted by molar-refractivity contribution is 5.08. The van der Waals surface area contributed by atoms with E-state index >= 15 is 0 Å². The first-order valence-electron chi connectivity index (χ1n) is 8.39. The van der Waals surface area contributed by atoms with Crippen LogP contribution in [0.4, 0.5) is 0 Å². The van der Waals surface area contributed by atoms with E-state index in [1.165, 1.54) is 0 Å². The molecule has 5 heteroatoms. The molecule has 124 valence electrons. The van der Waals surface area contributed by atoms with E-state index in [0.29, 0.717) is 5.92 Å². The van der Waals surface area contributed by atoms with Crippen molar-refractivity contribution in [2.45, 2.75) is 45.3 Å². The monoisotopic (exact) mass is 315 g/mol. The molecule has 2 aromatic rings. The van der Waals surface area contributed by atoms with Crippen LogP contribution in [0.2, 0.25) is 0 Å². The predicted octanol–water partition coefficient (Wildman–Crippen LogP) is 3.14. The van der Waals surface area contributed by atoms with E-state index in [4.69, 9.17) is 4.42 Å². The number of hydrogen-bond acceptors (Lipinski definition) is 5. The lowest BCUT2D eigenvalue weighted by Crippen LogP contribution is -2.35. The van der Waals surface area contributed by atoms with Gasteiger partial charge in [0.1, 0.15) is 6.26 Å². The average molecular weight is 315 g/mol. The lowest BCUT2D eigenvalue weighted by molar-refractivity contribution is 0.0536. The van der Waals surface area contributed by atoms with Crippen LogP contribution >= 0.6 is 0 Å². The van der Waals surface area contributed by atoms with Gasteiger partial charge in [-0.1, -0.05) is 19.9 Å². The van der Waals surface area contributed by atoms with Gasteiger partial charge in [0.15, 0.2) is 5.89 Å². The van der Waals surface area contributed by atoms with Crippen LogP contribution in [0, 0.1) is 5.92 Å². The number of nitrogens with zero attached hydrogens (tertiary/aromatic N) is 3. The molecule has 23 heavy (non-hydrogen) atoms. The molecule has 0 spiro atoms. The number of rotatable bonds is 5. The third-order valence-corrected chi connectivity index (χ3v) is 4.52. The Bertz CT molecular complexity index is 604. The second-order valence-corrected chi connectivity index (χ2v) is 6.64. The maximum Gasteiger partial charge on any atom is 0.196 e. The summed E-state index contributed by atoms with van der Waals surface area (Å²) in [6.45, 7) is 6.93. The number of likely N-dealkylation sites (tertiary alicyclic amines) is 1. The number of oxazole rings is 1. The summed E-state index contributed by atoms with van der Waals surface area (Å²) in [5.41, 5.74) is 1.78. The fourth-order valence-electron chi connectivity index (χ4n) is 3.11. The van der Waals surface area contributed by atoms with Gasteiger partial charge in [0, 0.05) is 18.7 Å². The SMILES string of the molecule is CC(C)c1nc(CN2CCC([C@@H](O)c3ccccn3)CC2)co1. The highest BCUT2D eigenvalue weighted by atomic mass is 16.3. The standard InChI is InChI=1S/C18H25N3O2/c1-13(2)18-20-15(12-23-18)11-21-9-6-14(7-10-21)17(22)16-5-3-4-8-19-16/h3-5,8,12-14,17,22H,6-7,9-11H2,1-2H3/t17-/m1/s1. The van der Waals surface area contributed by atoms with Gasteiger partial charge in [-0.3, -0.25) is 9.88 Å². The first-order valence-corrected chi connectivity index (χ1v) is 8.39. The van der Waals surface area contributed by atoms with Crippen molar-refractivity contribution in [3.05, 3.63) is 47.9 Å². The number of aliphatic hydroxyl groups excluding tert-OH is 1. The Morgan fingerprint density at radius 3 is 2.70 bits per heavy atom. The minimum Gasteiger partial charge on any atom is -0.448 e. The Hall–Kier alpha value is -1.72. The van der Waals surface area contributed by atoms with Crippen molar-refractivity contribution in [1.82, 2.24) is 14.9 Å². The van der Waals surface area contributed by atoms with Crippen LogP contribution in [-0.4, -0.2) is 33.1 Å². The molecule has 0 aliphatic carbocycles. The molecule has 1 fully saturated rings. The maximum atomic E-state index is 10.5. The van der Waals surface area contributed by atoms with E-state index in [2.05, 4.69) is 28.7 Å². The van der Waals surface area contributed by atoms with Crippen LogP contribution in [0.5, 0.6) is 0 Å². The van der Waals surface area contributed by atoms with E-state index in [-0.39, 0.29) is 5.92 Å². The van der Waals surface area contributed by atoms with Crippen LogP contribution in [0.25, 0.3) is 0 Å². The summed E-state index contributed by atoms with van der Waals surface area (Å²) >= 11 is 0. The van der Waals surface area contributed by atoms with Gasteiger partial charge in [-0.15, -0.1) is 0 Å². The van der Waals surface area contributed by atoms with Crippen molar-refractivity contribution < 1.29 is 9.52 Å². The van der Waals surface area contributed by atoms with Gasteiger partial charge in [0.2, 0.25) is 0 Å². The number of aromatic nitrogens is 2. The highest BCUT2D eigenvalue weighted by Crippen LogP contribution is 2.30. The van der Waals surface area contributed by atoms with E-state index in [9.17, 15) is 5.11 Å². The largest absolute Gasteiger partial charge is 0.448 e. The number of hydrogen-bond donors (Lipinski definition) is 1. The topological polar surface area (TPSA) is 62.4 Å². The molecule has 1 N–H and O–H groups in total. The molecule has 1 saturated heterocycles. The molecule has 1 atom stereocenters. The van der Waals surface area contributed by atoms with E-state index in [1.54, 1.807) is 12.5 Å². The molecule has 0 radical (unpaired) electrons. The Morgan fingerprint density at radius 2 is 2.09 bits per heavy atom. The predicted molar refractivity (Wildman–Crippen MR) is 87.8 cm³/mol. The summed E-state index contributed by atoms with van der Waals surface area (Å²) in [7, 11) is 0. The van der Waals surface area contributed by atoms with Gasteiger partial charge in [0.05, 0.1) is 17.5 Å². The molecular formula is C18H25N3O2. The summed E-state index contributed by atoms with van der Waals surface area (Å²) < 4.78 is 5.50. The van der Waals surface area contributed by atoms with Gasteiger partial charge in [-0.25, -0.2) is 4.98 Å². The summed E-state index contributed by atoms with van der Waals surface area (Å²) in [6.07, 6.45) is 5.01. The minimum atomic E-state index is -0.460. The fourth-order valence-corrected chi connectivity index (χ4v) is 3.11. The van der Waals surface area contributed by atoms with Crippen LogP contribution in [-0.2, 0) is 6.54 Å². The maximum absolute atomic E-state index is 10.5. The normalized spacial score (nSPS) is 18.4. The highest BCUT2D eigenvalue weighted by Gasteiger charge is 2.27. The summed E-state index contributed by atoms with van der Waals surface area (Å²) in [6, 6.07) is 5.71. The molecule has 0 bridgehead atoms. The van der Waals surface area contributed by atoms with E-state index in [1.807, 2.05) is 18.2 Å². The lowest BCUT2D eigenvalue weighted by atomic mass is 9.89. The van der Waals surface area contributed by atoms with Crippen LogP contribution in [0.1, 0.15) is 56.0 Å². The quantitative estimate of drug-likeness (QED) is 0.918. The zero-order chi connectivity index (χ0) is 16.2. The first-order chi connectivity index (χ1) is 11.1. The molecule has 0 amide bonds. The summed E-state index contributed by atoms with van der Waals surface area (Å²) in [5.74, 6) is 1.41.